The molecule has 0 amide bonds. The lowest BCUT2D eigenvalue weighted by molar-refractivity contribution is -0.0930. The molecule has 0 aliphatic heterocycles. The van der Waals surface area contributed by atoms with Gasteiger partial charge in [-0.3, -0.25) is 0 Å². The van der Waals surface area contributed by atoms with Crippen molar-refractivity contribution in [2.24, 2.45) is 0 Å². The average molecular weight is 342 g/mol. The van der Waals surface area contributed by atoms with Gasteiger partial charge < -0.3 is 9.47 Å². The lowest BCUT2D eigenvalue weighted by Crippen LogP contribution is -2.46. The van der Waals surface area contributed by atoms with Gasteiger partial charge in [-0.15, -0.1) is 0 Å². The van der Waals surface area contributed by atoms with Gasteiger partial charge in [0, 0.05) is 25.3 Å². The largest absolute Gasteiger partial charge is 0.343 e. The van der Waals surface area contributed by atoms with Crippen LogP contribution in [0.4, 0.5) is 8.78 Å². The molecule has 2 rings (SSSR count). The number of halogens is 2. The molecule has 7 heteroatoms. The van der Waals surface area contributed by atoms with Crippen molar-refractivity contribution in [2.75, 3.05) is 14.2 Å². The van der Waals surface area contributed by atoms with Gasteiger partial charge in [0.25, 0.3) is 9.84 Å². The van der Waals surface area contributed by atoms with E-state index in [-0.39, 0.29) is 11.1 Å². The number of hydrogen-bond acceptors (Lipinski definition) is 4. The first-order chi connectivity index (χ1) is 10.8. The van der Waals surface area contributed by atoms with Crippen molar-refractivity contribution in [3.63, 3.8) is 0 Å². The normalized spacial score (nSPS) is 17.2. The summed E-state index contributed by atoms with van der Waals surface area (Å²) >= 11 is 0. The Morgan fingerprint density at radius 3 is 1.30 bits per heavy atom. The second-order valence-electron chi connectivity index (χ2n) is 4.72. The zero-order valence-corrected chi connectivity index (χ0v) is 13.4. The number of hydrogen-bond donors (Lipinski definition) is 0. The summed E-state index contributed by atoms with van der Waals surface area (Å²) in [5.41, 5.74) is -0.699. The fourth-order valence-corrected chi connectivity index (χ4v) is 3.88. The van der Waals surface area contributed by atoms with E-state index in [1.165, 1.54) is 48.5 Å². The Morgan fingerprint density at radius 2 is 1.04 bits per heavy atom. The smallest absolute Gasteiger partial charge is 0.334 e. The molecule has 2 atom stereocenters. The number of methoxy groups -OCH3 is 2. The third-order valence-electron chi connectivity index (χ3n) is 3.45. The van der Waals surface area contributed by atoms with E-state index in [0.717, 1.165) is 14.2 Å². The molecular weight excluding hydrogens is 326 g/mol. The molecule has 2 unspecified atom stereocenters. The zero-order valence-electron chi connectivity index (χ0n) is 12.6. The summed E-state index contributed by atoms with van der Waals surface area (Å²) in [5.74, 6) is 0. The fraction of sp³-hybridized carbons (Fsp3) is 0.250. The number of sulfone groups is 1. The molecule has 0 saturated heterocycles. The number of alkyl halides is 2. The van der Waals surface area contributed by atoms with Gasteiger partial charge in [0.15, 0.2) is 0 Å². The van der Waals surface area contributed by atoms with Crippen LogP contribution in [-0.4, -0.2) is 22.6 Å². The monoisotopic (exact) mass is 342 g/mol. The molecule has 0 heterocycles. The van der Waals surface area contributed by atoms with Gasteiger partial charge in [-0.25, -0.2) is 8.42 Å². The summed E-state index contributed by atoms with van der Waals surface area (Å²) in [6.45, 7) is 0. The first kappa shape index (κ1) is 17.5. The SMILES string of the molecule is COC(F)(c1ccccc1)S(=O)(=O)C(F)(OC)c1ccccc1. The predicted molar refractivity (Wildman–Crippen MR) is 81.4 cm³/mol. The fourth-order valence-electron chi connectivity index (χ4n) is 2.21. The van der Waals surface area contributed by atoms with Gasteiger partial charge in [0.1, 0.15) is 0 Å². The van der Waals surface area contributed by atoms with E-state index in [9.17, 15) is 8.42 Å². The summed E-state index contributed by atoms with van der Waals surface area (Å²) in [6.07, 6.45) is 0. The molecule has 0 bridgehead atoms. The maximum absolute atomic E-state index is 15.3. The molecule has 0 radical (unpaired) electrons. The van der Waals surface area contributed by atoms with Crippen molar-refractivity contribution in [1.29, 1.82) is 0 Å². The van der Waals surface area contributed by atoms with Gasteiger partial charge >= 0.3 is 10.4 Å². The van der Waals surface area contributed by atoms with Crippen LogP contribution in [0, 0.1) is 0 Å². The molecular formula is C16H16F2O4S. The highest BCUT2D eigenvalue weighted by Crippen LogP contribution is 2.46. The molecule has 0 saturated carbocycles. The van der Waals surface area contributed by atoms with Crippen LogP contribution in [0.5, 0.6) is 0 Å². The Morgan fingerprint density at radius 1 is 0.739 bits per heavy atom. The summed E-state index contributed by atoms with van der Waals surface area (Å²) in [4.78, 5) is 0. The van der Waals surface area contributed by atoms with E-state index in [0.29, 0.717) is 0 Å². The number of rotatable bonds is 6. The quantitative estimate of drug-likeness (QED) is 0.809. The zero-order chi connectivity index (χ0) is 17.1. The van der Waals surface area contributed by atoms with Gasteiger partial charge in [-0.1, -0.05) is 60.7 Å². The lowest BCUT2D eigenvalue weighted by atomic mass is 10.2. The minimum atomic E-state index is -5.25. The van der Waals surface area contributed by atoms with E-state index < -0.39 is 20.2 Å². The van der Waals surface area contributed by atoms with Crippen molar-refractivity contribution < 1.29 is 26.7 Å². The summed E-state index contributed by atoms with van der Waals surface area (Å²) in [5, 5.41) is -6.82. The van der Waals surface area contributed by atoms with Crippen molar-refractivity contribution in [3.8, 4) is 0 Å². The van der Waals surface area contributed by atoms with Gasteiger partial charge in [0.2, 0.25) is 0 Å². The minimum Gasteiger partial charge on any atom is -0.334 e. The molecule has 0 fully saturated rings. The van der Waals surface area contributed by atoms with Gasteiger partial charge in [0.05, 0.1) is 0 Å². The molecule has 0 spiro atoms. The Kier molecular flexibility index (Phi) is 4.84. The van der Waals surface area contributed by atoms with Gasteiger partial charge in [-0.05, 0) is 0 Å². The molecule has 0 aliphatic carbocycles. The van der Waals surface area contributed by atoms with E-state index in [2.05, 4.69) is 9.47 Å². The predicted octanol–water partition coefficient (Wildman–Crippen LogP) is 3.25. The first-order valence-corrected chi connectivity index (χ1v) is 8.15. The Balaban J connectivity index is 2.67. The molecule has 2 aromatic carbocycles. The maximum Gasteiger partial charge on any atom is 0.343 e. The highest BCUT2D eigenvalue weighted by molar-refractivity contribution is 7.92. The van der Waals surface area contributed by atoms with E-state index in [1.807, 2.05) is 0 Å². The number of benzene rings is 2. The molecule has 0 aromatic heterocycles. The van der Waals surface area contributed by atoms with Crippen LogP contribution in [0.2, 0.25) is 0 Å². The summed E-state index contributed by atoms with van der Waals surface area (Å²) in [7, 11) is -3.54. The minimum absolute atomic E-state index is 0.350. The highest BCUT2D eigenvalue weighted by atomic mass is 32.2. The van der Waals surface area contributed by atoms with Crippen molar-refractivity contribution in [1.82, 2.24) is 0 Å². The van der Waals surface area contributed by atoms with Crippen LogP contribution >= 0.6 is 0 Å². The first-order valence-electron chi connectivity index (χ1n) is 6.67. The molecule has 124 valence electrons. The van der Waals surface area contributed by atoms with Crippen LogP contribution in [0.1, 0.15) is 11.1 Å². The molecule has 0 aliphatic rings. The second kappa shape index (κ2) is 6.35. The summed E-state index contributed by atoms with van der Waals surface area (Å²) in [6, 6.07) is 13.6. The molecule has 4 nitrogen and oxygen atoms in total. The summed E-state index contributed by atoms with van der Waals surface area (Å²) < 4.78 is 65.2. The standard InChI is InChI=1S/C16H16F2O4S/c1-21-15(17,13-9-5-3-6-10-13)23(19,20)16(18,22-2)14-11-7-4-8-12-14/h3-12H,1-2H3. The van der Waals surface area contributed by atoms with Crippen molar-refractivity contribution >= 4 is 9.84 Å². The number of ether oxygens (including phenoxy) is 2. The Labute approximate surface area is 133 Å². The highest BCUT2D eigenvalue weighted by Gasteiger charge is 2.61. The maximum atomic E-state index is 15.3. The third-order valence-corrected chi connectivity index (χ3v) is 5.64. The van der Waals surface area contributed by atoms with Crippen molar-refractivity contribution in [3.05, 3.63) is 71.8 Å². The van der Waals surface area contributed by atoms with Crippen LogP contribution in [0.25, 0.3) is 0 Å². The Bertz CT molecular complexity index is 693. The lowest BCUT2D eigenvalue weighted by Gasteiger charge is -2.32. The van der Waals surface area contributed by atoms with E-state index in [1.54, 1.807) is 12.1 Å². The third kappa shape index (κ3) is 2.65. The second-order valence-corrected chi connectivity index (χ2v) is 6.77. The van der Waals surface area contributed by atoms with Crippen LogP contribution in [0.3, 0.4) is 0 Å². The molecule has 23 heavy (non-hydrogen) atoms. The average Bonchev–Trinajstić information content (AvgIpc) is 2.61. The van der Waals surface area contributed by atoms with E-state index in [4.69, 9.17) is 0 Å². The van der Waals surface area contributed by atoms with Crippen molar-refractivity contribution in [2.45, 2.75) is 10.4 Å². The topological polar surface area (TPSA) is 52.6 Å². The van der Waals surface area contributed by atoms with E-state index >= 15 is 8.78 Å². The van der Waals surface area contributed by atoms with Crippen LogP contribution in [-0.2, 0) is 29.7 Å². The van der Waals surface area contributed by atoms with Gasteiger partial charge in [-0.2, -0.15) is 8.78 Å². The molecule has 2 aromatic rings. The van der Waals surface area contributed by atoms with Crippen LogP contribution in [0.15, 0.2) is 60.7 Å². The Hall–Kier alpha value is -1.83. The molecule has 0 N–H and O–H groups in total. The van der Waals surface area contributed by atoms with Crippen LogP contribution < -0.4 is 0 Å².